The number of nitrogens with two attached hydrogens (primary N) is 1. The third kappa shape index (κ3) is 2.79. The Bertz CT molecular complexity index is 356. The summed E-state index contributed by atoms with van der Waals surface area (Å²) in [6, 6.07) is 0.163. The fourth-order valence-corrected chi connectivity index (χ4v) is 1.51. The lowest BCUT2D eigenvalue weighted by molar-refractivity contribution is -0.120. The first-order valence-electron chi connectivity index (χ1n) is 5.19. The van der Waals surface area contributed by atoms with Crippen LogP contribution in [0.25, 0.3) is 0 Å². The lowest BCUT2D eigenvalue weighted by Crippen LogP contribution is -2.45. The summed E-state index contributed by atoms with van der Waals surface area (Å²) in [5.41, 5.74) is 6.41. The number of nitrogens with zero attached hydrogens (tertiary/aromatic N) is 2. The summed E-state index contributed by atoms with van der Waals surface area (Å²) >= 11 is 0. The van der Waals surface area contributed by atoms with Crippen LogP contribution in [-0.4, -0.2) is 27.8 Å². The van der Waals surface area contributed by atoms with E-state index < -0.39 is 0 Å². The van der Waals surface area contributed by atoms with Gasteiger partial charge in [-0.15, -0.1) is 0 Å². The molecule has 1 unspecified atom stereocenters. The summed E-state index contributed by atoms with van der Waals surface area (Å²) < 4.78 is 1.75. The highest BCUT2D eigenvalue weighted by atomic mass is 16.1. The second kappa shape index (κ2) is 4.02. The number of amides is 1. The lowest BCUT2D eigenvalue weighted by Gasteiger charge is -2.14. The summed E-state index contributed by atoms with van der Waals surface area (Å²) in [5.74, 6) is -0.310. The minimum absolute atomic E-state index is 0.309. The predicted octanol–water partition coefficient (Wildman–Crippen LogP) is -0.203. The highest BCUT2D eigenvalue weighted by Crippen LogP contribution is 2.19. The van der Waals surface area contributed by atoms with Crippen LogP contribution in [-0.2, 0) is 11.3 Å². The van der Waals surface area contributed by atoms with Gasteiger partial charge in [-0.2, -0.15) is 5.10 Å². The number of carbonyl (C=O) groups is 1. The average Bonchev–Trinajstić information content (AvgIpc) is 2.89. The summed E-state index contributed by atoms with van der Waals surface area (Å²) in [7, 11) is 0. The van der Waals surface area contributed by atoms with Gasteiger partial charge in [0, 0.05) is 12.2 Å². The molecule has 0 saturated heterocycles. The second-order valence-corrected chi connectivity index (χ2v) is 4.14. The third-order valence-electron chi connectivity index (χ3n) is 2.49. The van der Waals surface area contributed by atoms with Gasteiger partial charge >= 0.3 is 0 Å². The topological polar surface area (TPSA) is 72.9 Å². The Morgan fingerprint density at radius 3 is 3.00 bits per heavy atom. The molecule has 1 amide bonds. The molecule has 1 aliphatic rings. The Kier molecular flexibility index (Phi) is 2.73. The molecule has 1 aromatic rings. The molecule has 0 spiro atoms. The number of hydrogen-bond acceptors (Lipinski definition) is 3. The van der Waals surface area contributed by atoms with E-state index in [0.717, 1.165) is 18.4 Å². The molecule has 2 rings (SSSR count). The molecule has 15 heavy (non-hydrogen) atoms. The zero-order chi connectivity index (χ0) is 10.8. The van der Waals surface area contributed by atoms with Crippen molar-refractivity contribution in [3.63, 3.8) is 0 Å². The van der Waals surface area contributed by atoms with Gasteiger partial charge in [0.25, 0.3) is 0 Å². The number of hydrogen-bond donors (Lipinski definition) is 2. The van der Waals surface area contributed by atoms with E-state index in [1.165, 1.54) is 0 Å². The number of nitrogens with one attached hydrogen (secondary N) is 1. The number of aryl methyl sites for hydroxylation is 1. The maximum absolute atomic E-state index is 11.2. The summed E-state index contributed by atoms with van der Waals surface area (Å²) in [6.45, 7) is 2.48. The van der Waals surface area contributed by atoms with Crippen molar-refractivity contribution in [2.45, 2.75) is 38.4 Å². The molecule has 1 heterocycles. The highest BCUT2D eigenvalue weighted by molar-refractivity contribution is 5.79. The maximum Gasteiger partial charge on any atom is 0.236 e. The molecule has 0 aliphatic heterocycles. The monoisotopic (exact) mass is 208 g/mol. The first-order chi connectivity index (χ1) is 7.15. The molecule has 0 bridgehead atoms. The highest BCUT2D eigenvalue weighted by Gasteiger charge is 2.27. The zero-order valence-corrected chi connectivity index (χ0v) is 8.81. The van der Waals surface area contributed by atoms with Crippen LogP contribution in [0.5, 0.6) is 0 Å². The van der Waals surface area contributed by atoms with E-state index in [1.807, 2.05) is 13.1 Å². The SMILES string of the molecule is Cc1cnn(CC(NC2CC2)C(N)=O)c1. The van der Waals surface area contributed by atoms with Crippen LogP contribution in [0.2, 0.25) is 0 Å². The standard InChI is InChI=1S/C10H16N4O/c1-7-4-12-14(5-7)6-9(10(11)15)13-8-2-3-8/h4-5,8-9,13H,2-3,6H2,1H3,(H2,11,15). The molecule has 1 atom stereocenters. The van der Waals surface area contributed by atoms with Crippen LogP contribution >= 0.6 is 0 Å². The van der Waals surface area contributed by atoms with Crippen molar-refractivity contribution in [1.82, 2.24) is 15.1 Å². The number of aromatic nitrogens is 2. The molecule has 1 saturated carbocycles. The Hall–Kier alpha value is -1.36. The van der Waals surface area contributed by atoms with Gasteiger partial charge in [0.05, 0.1) is 12.7 Å². The van der Waals surface area contributed by atoms with Gasteiger partial charge < -0.3 is 11.1 Å². The largest absolute Gasteiger partial charge is 0.368 e. The van der Waals surface area contributed by atoms with Crippen molar-refractivity contribution in [2.24, 2.45) is 5.73 Å². The molecule has 1 aliphatic carbocycles. The Balaban J connectivity index is 1.95. The second-order valence-electron chi connectivity index (χ2n) is 4.14. The van der Waals surface area contributed by atoms with Crippen molar-refractivity contribution in [3.05, 3.63) is 18.0 Å². The van der Waals surface area contributed by atoms with Crippen LogP contribution in [0.15, 0.2) is 12.4 Å². The lowest BCUT2D eigenvalue weighted by atomic mass is 10.2. The fourth-order valence-electron chi connectivity index (χ4n) is 1.51. The zero-order valence-electron chi connectivity index (χ0n) is 8.81. The number of carbonyl (C=O) groups excluding carboxylic acids is 1. The van der Waals surface area contributed by atoms with Crippen LogP contribution < -0.4 is 11.1 Å². The van der Waals surface area contributed by atoms with E-state index >= 15 is 0 Å². The molecule has 1 aromatic heterocycles. The van der Waals surface area contributed by atoms with Gasteiger partial charge in [-0.25, -0.2) is 0 Å². The minimum atomic E-state index is -0.310. The van der Waals surface area contributed by atoms with E-state index in [-0.39, 0.29) is 11.9 Å². The quantitative estimate of drug-likeness (QED) is 0.703. The first-order valence-corrected chi connectivity index (χ1v) is 5.19. The molecule has 5 heteroatoms. The third-order valence-corrected chi connectivity index (χ3v) is 2.49. The van der Waals surface area contributed by atoms with Crippen molar-refractivity contribution in [1.29, 1.82) is 0 Å². The van der Waals surface area contributed by atoms with Crippen LogP contribution in [0.3, 0.4) is 0 Å². The van der Waals surface area contributed by atoms with Crippen molar-refractivity contribution >= 4 is 5.91 Å². The van der Waals surface area contributed by atoms with E-state index in [4.69, 9.17) is 5.73 Å². The summed E-state index contributed by atoms with van der Waals surface area (Å²) in [5, 5.41) is 7.35. The number of rotatable bonds is 5. The van der Waals surface area contributed by atoms with E-state index in [2.05, 4.69) is 10.4 Å². The van der Waals surface area contributed by atoms with E-state index in [1.54, 1.807) is 10.9 Å². The van der Waals surface area contributed by atoms with Crippen LogP contribution in [0.1, 0.15) is 18.4 Å². The molecule has 3 N–H and O–H groups in total. The fraction of sp³-hybridized carbons (Fsp3) is 0.600. The Labute approximate surface area is 88.6 Å². The maximum atomic E-state index is 11.2. The molecule has 82 valence electrons. The van der Waals surface area contributed by atoms with E-state index in [9.17, 15) is 4.79 Å². The summed E-state index contributed by atoms with van der Waals surface area (Å²) in [4.78, 5) is 11.2. The van der Waals surface area contributed by atoms with Crippen molar-refractivity contribution in [2.75, 3.05) is 0 Å². The molecule has 0 radical (unpaired) electrons. The van der Waals surface area contributed by atoms with Crippen LogP contribution in [0, 0.1) is 6.92 Å². The minimum Gasteiger partial charge on any atom is -0.368 e. The Morgan fingerprint density at radius 1 is 1.80 bits per heavy atom. The van der Waals surface area contributed by atoms with Gasteiger partial charge in [0.1, 0.15) is 6.04 Å². The summed E-state index contributed by atoms with van der Waals surface area (Å²) in [6.07, 6.45) is 5.96. The van der Waals surface area contributed by atoms with Gasteiger partial charge in [0.15, 0.2) is 0 Å². The predicted molar refractivity (Wildman–Crippen MR) is 56.1 cm³/mol. The molecule has 0 aromatic carbocycles. The van der Waals surface area contributed by atoms with Crippen molar-refractivity contribution in [3.8, 4) is 0 Å². The normalized spacial score (nSPS) is 17.7. The van der Waals surface area contributed by atoms with Gasteiger partial charge in [-0.3, -0.25) is 9.48 Å². The molecular weight excluding hydrogens is 192 g/mol. The average molecular weight is 208 g/mol. The van der Waals surface area contributed by atoms with E-state index in [0.29, 0.717) is 12.6 Å². The van der Waals surface area contributed by atoms with Gasteiger partial charge in [-0.1, -0.05) is 0 Å². The first kappa shape index (κ1) is 10.2. The molecule has 1 fully saturated rings. The van der Waals surface area contributed by atoms with Gasteiger partial charge in [-0.05, 0) is 25.3 Å². The molecule has 5 nitrogen and oxygen atoms in total. The smallest absolute Gasteiger partial charge is 0.236 e. The Morgan fingerprint density at radius 2 is 2.53 bits per heavy atom. The van der Waals surface area contributed by atoms with Gasteiger partial charge in [0.2, 0.25) is 5.91 Å². The van der Waals surface area contributed by atoms with Crippen molar-refractivity contribution < 1.29 is 4.79 Å². The number of primary amides is 1. The molecular formula is C10H16N4O. The van der Waals surface area contributed by atoms with Crippen LogP contribution in [0.4, 0.5) is 0 Å².